The van der Waals surface area contributed by atoms with E-state index in [4.69, 9.17) is 9.47 Å². The Labute approximate surface area is 88.7 Å². The molecule has 0 aromatic rings. The Balaban J connectivity index is 2.16. The Kier molecular flexibility index (Phi) is 4.80. The van der Waals surface area contributed by atoms with Crippen LogP contribution in [0, 0.1) is 11.2 Å². The standard InChI is InChI=1S/C11H20O2S/c1-14(2,3)10-6-9-13-11-7-4-5-8-12-11/h11H,4-5,7-9H2,1-3H3. The van der Waals surface area contributed by atoms with E-state index >= 15 is 0 Å². The summed E-state index contributed by atoms with van der Waals surface area (Å²) in [7, 11) is -0.709. The third kappa shape index (κ3) is 5.54. The van der Waals surface area contributed by atoms with Gasteiger partial charge < -0.3 is 9.47 Å². The van der Waals surface area contributed by atoms with E-state index in [1.807, 2.05) is 0 Å². The monoisotopic (exact) mass is 216 g/mol. The highest BCUT2D eigenvalue weighted by Crippen LogP contribution is 2.31. The van der Waals surface area contributed by atoms with Gasteiger partial charge in [0.2, 0.25) is 0 Å². The topological polar surface area (TPSA) is 18.5 Å². The van der Waals surface area contributed by atoms with Crippen molar-refractivity contribution in [2.45, 2.75) is 25.6 Å². The smallest absolute Gasteiger partial charge is 0.158 e. The highest BCUT2D eigenvalue weighted by Gasteiger charge is 2.12. The molecule has 0 bridgehead atoms. The molecule has 0 amide bonds. The van der Waals surface area contributed by atoms with Crippen molar-refractivity contribution in [2.75, 3.05) is 32.0 Å². The molecule has 1 saturated heterocycles. The van der Waals surface area contributed by atoms with Gasteiger partial charge in [0, 0.05) is 6.61 Å². The van der Waals surface area contributed by atoms with Gasteiger partial charge in [0.1, 0.15) is 6.61 Å². The summed E-state index contributed by atoms with van der Waals surface area (Å²) in [5, 5.41) is 3.21. The Hall–Kier alpha value is -0.170. The summed E-state index contributed by atoms with van der Waals surface area (Å²) in [4.78, 5) is 0. The van der Waals surface area contributed by atoms with Crippen LogP contribution in [0.4, 0.5) is 0 Å². The second-order valence-electron chi connectivity index (χ2n) is 4.22. The summed E-state index contributed by atoms with van der Waals surface area (Å²) in [6.45, 7) is 1.34. The molecule has 0 aliphatic carbocycles. The summed E-state index contributed by atoms with van der Waals surface area (Å²) in [6.07, 6.45) is 9.92. The maximum atomic E-state index is 5.50. The van der Waals surface area contributed by atoms with Crippen LogP contribution >= 0.6 is 10.0 Å². The van der Waals surface area contributed by atoms with Crippen molar-refractivity contribution >= 4 is 10.0 Å². The third-order valence-electron chi connectivity index (χ3n) is 1.86. The summed E-state index contributed by atoms with van der Waals surface area (Å²) in [6, 6.07) is 0. The van der Waals surface area contributed by atoms with Crippen LogP contribution in [-0.4, -0.2) is 38.3 Å². The van der Waals surface area contributed by atoms with E-state index in [1.165, 1.54) is 6.42 Å². The Morgan fingerprint density at radius 1 is 1.36 bits per heavy atom. The average molecular weight is 216 g/mol. The summed E-state index contributed by atoms with van der Waals surface area (Å²) >= 11 is 0. The molecule has 2 nitrogen and oxygen atoms in total. The van der Waals surface area contributed by atoms with E-state index < -0.39 is 10.0 Å². The zero-order valence-corrected chi connectivity index (χ0v) is 10.2. The van der Waals surface area contributed by atoms with Crippen LogP contribution in [-0.2, 0) is 9.47 Å². The zero-order chi connectivity index (χ0) is 10.4. The van der Waals surface area contributed by atoms with Gasteiger partial charge >= 0.3 is 0 Å². The molecule has 0 aromatic carbocycles. The fraction of sp³-hybridized carbons (Fsp3) is 0.818. The van der Waals surface area contributed by atoms with Crippen molar-refractivity contribution < 1.29 is 9.47 Å². The molecule has 1 aliphatic heterocycles. The molecule has 0 aromatic heterocycles. The lowest BCUT2D eigenvalue weighted by atomic mass is 10.2. The molecule has 0 N–H and O–H groups in total. The van der Waals surface area contributed by atoms with Gasteiger partial charge in [-0.2, -0.15) is 10.0 Å². The van der Waals surface area contributed by atoms with Crippen molar-refractivity contribution in [2.24, 2.45) is 0 Å². The second kappa shape index (κ2) is 5.65. The second-order valence-corrected chi connectivity index (χ2v) is 8.10. The first-order valence-corrected chi connectivity index (χ1v) is 7.85. The lowest BCUT2D eigenvalue weighted by Crippen LogP contribution is -2.22. The van der Waals surface area contributed by atoms with Crippen molar-refractivity contribution in [1.29, 1.82) is 0 Å². The van der Waals surface area contributed by atoms with Gasteiger partial charge in [0.25, 0.3) is 0 Å². The molecule has 0 spiro atoms. The summed E-state index contributed by atoms with van der Waals surface area (Å²) in [5.74, 6) is 3.06. The highest BCUT2D eigenvalue weighted by molar-refractivity contribution is 8.35. The molecule has 1 heterocycles. The summed E-state index contributed by atoms with van der Waals surface area (Å²) in [5.41, 5.74) is 0. The van der Waals surface area contributed by atoms with E-state index in [0.29, 0.717) is 6.61 Å². The van der Waals surface area contributed by atoms with Crippen molar-refractivity contribution in [1.82, 2.24) is 0 Å². The van der Waals surface area contributed by atoms with E-state index in [2.05, 4.69) is 29.9 Å². The van der Waals surface area contributed by atoms with Gasteiger partial charge in [-0.25, -0.2) is 0 Å². The third-order valence-corrected chi connectivity index (χ3v) is 2.61. The average Bonchev–Trinajstić information content (AvgIpc) is 2.13. The lowest BCUT2D eigenvalue weighted by Gasteiger charge is -2.21. The van der Waals surface area contributed by atoms with E-state index in [1.54, 1.807) is 0 Å². The molecular weight excluding hydrogens is 196 g/mol. The van der Waals surface area contributed by atoms with Gasteiger partial charge in [-0.1, -0.05) is 11.2 Å². The van der Waals surface area contributed by atoms with Gasteiger partial charge in [0.05, 0.1) is 0 Å². The van der Waals surface area contributed by atoms with Crippen LogP contribution in [0.15, 0.2) is 0 Å². The number of rotatable bonds is 2. The number of hydrogen-bond acceptors (Lipinski definition) is 2. The van der Waals surface area contributed by atoms with Gasteiger partial charge in [-0.3, -0.25) is 0 Å². The van der Waals surface area contributed by atoms with Crippen LogP contribution in [0.1, 0.15) is 19.3 Å². The molecule has 0 radical (unpaired) electrons. The van der Waals surface area contributed by atoms with Crippen molar-refractivity contribution in [3.8, 4) is 11.2 Å². The molecule has 82 valence electrons. The van der Waals surface area contributed by atoms with Crippen LogP contribution in [0.25, 0.3) is 0 Å². The molecule has 3 heteroatoms. The molecular formula is C11H20O2S. The van der Waals surface area contributed by atoms with E-state index in [0.717, 1.165) is 19.4 Å². The van der Waals surface area contributed by atoms with E-state index in [-0.39, 0.29) is 6.29 Å². The Morgan fingerprint density at radius 2 is 2.14 bits per heavy atom. The zero-order valence-electron chi connectivity index (χ0n) is 9.34. The van der Waals surface area contributed by atoms with Crippen LogP contribution in [0.2, 0.25) is 0 Å². The Morgan fingerprint density at radius 3 is 2.71 bits per heavy atom. The maximum absolute atomic E-state index is 5.50. The van der Waals surface area contributed by atoms with Crippen molar-refractivity contribution in [3.05, 3.63) is 0 Å². The molecule has 1 fully saturated rings. The minimum atomic E-state index is -0.709. The van der Waals surface area contributed by atoms with Crippen LogP contribution in [0.5, 0.6) is 0 Å². The molecule has 14 heavy (non-hydrogen) atoms. The maximum Gasteiger partial charge on any atom is 0.158 e. The SMILES string of the molecule is CS(C)(C)C#CCOC1CCCCO1. The van der Waals surface area contributed by atoms with Crippen LogP contribution < -0.4 is 0 Å². The first-order chi connectivity index (χ1) is 6.58. The quantitative estimate of drug-likeness (QED) is 0.659. The summed E-state index contributed by atoms with van der Waals surface area (Å²) < 4.78 is 10.9. The van der Waals surface area contributed by atoms with Gasteiger partial charge in [-0.05, 0) is 38.0 Å². The first kappa shape index (κ1) is 11.9. The largest absolute Gasteiger partial charge is 0.353 e. The van der Waals surface area contributed by atoms with E-state index in [9.17, 15) is 0 Å². The van der Waals surface area contributed by atoms with Crippen molar-refractivity contribution in [3.63, 3.8) is 0 Å². The fourth-order valence-electron chi connectivity index (χ4n) is 1.22. The normalized spacial score (nSPS) is 23.8. The van der Waals surface area contributed by atoms with Gasteiger partial charge in [-0.15, -0.1) is 0 Å². The highest BCUT2D eigenvalue weighted by atomic mass is 32.3. The fourth-order valence-corrected chi connectivity index (χ4v) is 1.72. The predicted molar refractivity (Wildman–Crippen MR) is 62.7 cm³/mol. The minimum absolute atomic E-state index is 0.00646. The van der Waals surface area contributed by atoms with Gasteiger partial charge in [0.15, 0.2) is 6.29 Å². The molecule has 0 saturated carbocycles. The molecule has 1 aliphatic rings. The molecule has 1 atom stereocenters. The lowest BCUT2D eigenvalue weighted by molar-refractivity contribution is -0.154. The molecule has 1 unspecified atom stereocenters. The predicted octanol–water partition coefficient (Wildman–Crippen LogP) is 2.18. The number of hydrogen-bond donors (Lipinski definition) is 0. The van der Waals surface area contributed by atoms with Crippen LogP contribution in [0.3, 0.4) is 0 Å². The minimum Gasteiger partial charge on any atom is -0.353 e. The Bertz CT molecular complexity index is 216. The first-order valence-electron chi connectivity index (χ1n) is 4.99. The molecule has 1 rings (SSSR count). The number of ether oxygens (including phenoxy) is 2.